The van der Waals surface area contributed by atoms with E-state index in [0.717, 1.165) is 25.7 Å². The molecule has 0 aromatic rings. The number of sulfonamides is 1. The summed E-state index contributed by atoms with van der Waals surface area (Å²) < 4.78 is 27.2. The topological polar surface area (TPSA) is 46.2 Å². The highest BCUT2D eigenvalue weighted by atomic mass is 79.9. The molecule has 0 amide bonds. The molecule has 0 aromatic carbocycles. The van der Waals surface area contributed by atoms with Gasteiger partial charge in [-0.05, 0) is 18.3 Å². The lowest BCUT2D eigenvalue weighted by atomic mass is 9.84. The van der Waals surface area contributed by atoms with Crippen molar-refractivity contribution < 1.29 is 8.42 Å². The number of alkyl halides is 1. The van der Waals surface area contributed by atoms with Crippen molar-refractivity contribution in [1.29, 1.82) is 0 Å². The zero-order chi connectivity index (χ0) is 13.2. The van der Waals surface area contributed by atoms with Gasteiger partial charge in [-0.1, -0.05) is 56.0 Å². The molecule has 102 valence electrons. The minimum absolute atomic E-state index is 0.189. The number of nitrogens with one attached hydrogen (secondary N) is 1. The summed E-state index contributed by atoms with van der Waals surface area (Å²) in [6.45, 7) is 5.86. The summed E-state index contributed by atoms with van der Waals surface area (Å²) >= 11 is 3.47. The largest absolute Gasteiger partial charge is 0.212 e. The predicted molar refractivity (Wildman–Crippen MR) is 76.0 cm³/mol. The summed E-state index contributed by atoms with van der Waals surface area (Å²) in [5.74, 6) is 0.189. The van der Waals surface area contributed by atoms with Crippen molar-refractivity contribution in [3.8, 4) is 0 Å². The molecule has 1 aliphatic carbocycles. The molecular formula is C12H24BrNO2S. The van der Waals surface area contributed by atoms with Crippen LogP contribution in [0.1, 0.15) is 52.9 Å². The summed E-state index contributed by atoms with van der Waals surface area (Å²) in [6.07, 6.45) is 5.34. The Morgan fingerprint density at radius 3 is 2.12 bits per heavy atom. The summed E-state index contributed by atoms with van der Waals surface area (Å²) in [5.41, 5.74) is -0.448. The van der Waals surface area contributed by atoms with Crippen LogP contribution in [-0.2, 0) is 10.0 Å². The minimum atomic E-state index is -3.19. The van der Waals surface area contributed by atoms with Crippen LogP contribution in [0.3, 0.4) is 0 Å². The van der Waals surface area contributed by atoms with Crippen molar-refractivity contribution in [3.63, 3.8) is 0 Å². The van der Waals surface area contributed by atoms with Crippen LogP contribution in [0.2, 0.25) is 0 Å². The van der Waals surface area contributed by atoms with Gasteiger partial charge in [0.15, 0.2) is 0 Å². The summed E-state index contributed by atoms with van der Waals surface area (Å²) in [5, 5.41) is 0.712. The van der Waals surface area contributed by atoms with Crippen LogP contribution in [0.15, 0.2) is 0 Å². The van der Waals surface area contributed by atoms with E-state index in [0.29, 0.717) is 5.33 Å². The number of hydrogen-bond donors (Lipinski definition) is 1. The maximum Gasteiger partial charge on any atom is 0.212 e. The molecule has 0 saturated heterocycles. The Kier molecular flexibility index (Phi) is 5.07. The molecule has 0 spiro atoms. The Labute approximate surface area is 114 Å². The Balaban J connectivity index is 2.73. The number of rotatable bonds is 4. The lowest BCUT2D eigenvalue weighted by molar-refractivity contribution is 0.299. The van der Waals surface area contributed by atoms with Crippen molar-refractivity contribution in [2.45, 2.75) is 58.4 Å². The Morgan fingerprint density at radius 1 is 1.18 bits per heavy atom. The smallest absolute Gasteiger partial charge is 0.212 e. The van der Waals surface area contributed by atoms with Crippen LogP contribution in [-0.4, -0.2) is 25.0 Å². The lowest BCUT2D eigenvalue weighted by Gasteiger charge is -2.37. The molecule has 0 bridgehead atoms. The Bertz CT molecular complexity index is 340. The molecule has 17 heavy (non-hydrogen) atoms. The average molecular weight is 326 g/mol. The van der Waals surface area contributed by atoms with Gasteiger partial charge in [0.2, 0.25) is 10.0 Å². The molecule has 0 radical (unpaired) electrons. The molecule has 5 heteroatoms. The van der Waals surface area contributed by atoms with Gasteiger partial charge in [0, 0.05) is 10.9 Å². The first-order chi connectivity index (χ1) is 7.68. The molecule has 0 aromatic heterocycles. The van der Waals surface area contributed by atoms with E-state index in [4.69, 9.17) is 0 Å². The fraction of sp³-hybridized carbons (Fsp3) is 1.00. The van der Waals surface area contributed by atoms with Crippen LogP contribution in [0.4, 0.5) is 0 Å². The number of halogens is 1. The second kappa shape index (κ2) is 5.57. The molecule has 0 heterocycles. The quantitative estimate of drug-likeness (QED) is 0.807. The highest BCUT2D eigenvalue weighted by Gasteiger charge is 2.36. The highest BCUT2D eigenvalue weighted by molar-refractivity contribution is 9.09. The molecular weight excluding hydrogens is 302 g/mol. The van der Waals surface area contributed by atoms with Gasteiger partial charge in [-0.15, -0.1) is 0 Å². The summed E-state index contributed by atoms with van der Waals surface area (Å²) in [6, 6.07) is 0. The molecule has 1 N–H and O–H groups in total. The van der Waals surface area contributed by atoms with Crippen molar-refractivity contribution in [1.82, 2.24) is 4.72 Å². The van der Waals surface area contributed by atoms with Crippen LogP contribution < -0.4 is 4.72 Å². The maximum atomic E-state index is 12.1. The van der Waals surface area contributed by atoms with Gasteiger partial charge in [0.1, 0.15) is 0 Å². The molecule has 1 fully saturated rings. The SMILES string of the molecule is CC(C)(C)CS(=O)(=O)NC1(CBr)CCCCC1. The van der Waals surface area contributed by atoms with Crippen molar-refractivity contribution in [2.24, 2.45) is 5.41 Å². The maximum absolute atomic E-state index is 12.1. The molecule has 1 rings (SSSR count). The second-order valence-electron chi connectivity index (χ2n) is 6.40. The van der Waals surface area contributed by atoms with Gasteiger partial charge < -0.3 is 0 Å². The summed E-state index contributed by atoms with van der Waals surface area (Å²) in [4.78, 5) is 0. The van der Waals surface area contributed by atoms with Gasteiger partial charge in [0.25, 0.3) is 0 Å². The lowest BCUT2D eigenvalue weighted by Crippen LogP contribution is -2.52. The molecule has 1 saturated carbocycles. The van der Waals surface area contributed by atoms with E-state index < -0.39 is 10.0 Å². The first-order valence-electron chi connectivity index (χ1n) is 6.26. The average Bonchev–Trinajstić information content (AvgIpc) is 2.14. The van der Waals surface area contributed by atoms with E-state index in [1.165, 1.54) is 6.42 Å². The zero-order valence-electron chi connectivity index (χ0n) is 11.1. The fourth-order valence-electron chi connectivity index (χ4n) is 2.43. The Hall–Kier alpha value is 0.390. The van der Waals surface area contributed by atoms with E-state index >= 15 is 0 Å². The zero-order valence-corrected chi connectivity index (χ0v) is 13.5. The van der Waals surface area contributed by atoms with E-state index in [1.807, 2.05) is 20.8 Å². The number of hydrogen-bond acceptors (Lipinski definition) is 2. The predicted octanol–water partition coefficient (Wildman–Crippen LogP) is 3.05. The molecule has 0 unspecified atom stereocenters. The van der Waals surface area contributed by atoms with E-state index in [9.17, 15) is 8.42 Å². The normalized spacial score (nSPS) is 21.4. The third kappa shape index (κ3) is 5.26. The van der Waals surface area contributed by atoms with Crippen LogP contribution in [0.25, 0.3) is 0 Å². The first kappa shape index (κ1) is 15.4. The fourth-order valence-corrected chi connectivity index (χ4v) is 5.46. The van der Waals surface area contributed by atoms with Crippen LogP contribution in [0.5, 0.6) is 0 Å². The van der Waals surface area contributed by atoms with Gasteiger partial charge >= 0.3 is 0 Å². The molecule has 0 atom stereocenters. The van der Waals surface area contributed by atoms with Crippen LogP contribution in [0, 0.1) is 5.41 Å². The monoisotopic (exact) mass is 325 g/mol. The first-order valence-corrected chi connectivity index (χ1v) is 9.03. The van der Waals surface area contributed by atoms with Gasteiger partial charge in [-0.25, -0.2) is 13.1 Å². The van der Waals surface area contributed by atoms with Gasteiger partial charge in [0.05, 0.1) is 5.75 Å². The Morgan fingerprint density at radius 2 is 1.71 bits per heavy atom. The highest BCUT2D eigenvalue weighted by Crippen LogP contribution is 2.31. The third-order valence-corrected chi connectivity index (χ3v) is 6.12. The molecule has 0 aliphatic heterocycles. The second-order valence-corrected chi connectivity index (χ2v) is 8.68. The molecule has 1 aliphatic rings. The van der Waals surface area contributed by atoms with Crippen molar-refractivity contribution in [2.75, 3.05) is 11.1 Å². The molecule has 3 nitrogen and oxygen atoms in total. The van der Waals surface area contributed by atoms with E-state index in [1.54, 1.807) is 0 Å². The third-order valence-electron chi connectivity index (χ3n) is 3.06. The summed E-state index contributed by atoms with van der Waals surface area (Å²) in [7, 11) is -3.19. The van der Waals surface area contributed by atoms with Crippen molar-refractivity contribution in [3.05, 3.63) is 0 Å². The van der Waals surface area contributed by atoms with Crippen molar-refractivity contribution >= 4 is 26.0 Å². The standard InChI is InChI=1S/C12H24BrNO2S/c1-11(2,3)10-17(15,16)14-12(9-13)7-5-4-6-8-12/h14H,4-10H2,1-3H3. The van der Waals surface area contributed by atoms with E-state index in [2.05, 4.69) is 20.7 Å². The minimum Gasteiger partial charge on any atom is -0.212 e. The van der Waals surface area contributed by atoms with Crippen LogP contribution >= 0.6 is 15.9 Å². The van der Waals surface area contributed by atoms with E-state index in [-0.39, 0.29) is 16.7 Å². The van der Waals surface area contributed by atoms with Gasteiger partial charge in [-0.2, -0.15) is 0 Å². The van der Waals surface area contributed by atoms with Gasteiger partial charge in [-0.3, -0.25) is 0 Å².